The van der Waals surface area contributed by atoms with Crippen LogP contribution in [0.4, 0.5) is 10.1 Å². The fourth-order valence-electron chi connectivity index (χ4n) is 1.73. The predicted octanol–water partition coefficient (Wildman–Crippen LogP) is 2.32. The van der Waals surface area contributed by atoms with Gasteiger partial charge in [0.05, 0.1) is 10.6 Å². The molecule has 0 saturated carbocycles. The predicted molar refractivity (Wildman–Crippen MR) is 62.5 cm³/mol. The zero-order valence-corrected chi connectivity index (χ0v) is 9.92. The van der Waals surface area contributed by atoms with Gasteiger partial charge in [0.2, 0.25) is 5.82 Å². The minimum Gasteiger partial charge on any atom is -0.258 e. The molecule has 0 aliphatic carbocycles. The van der Waals surface area contributed by atoms with E-state index in [-0.39, 0.29) is 0 Å². The van der Waals surface area contributed by atoms with Crippen molar-refractivity contribution in [1.82, 2.24) is 15.0 Å². The van der Waals surface area contributed by atoms with E-state index in [2.05, 4.69) is 10.3 Å². The Labute approximate surface area is 102 Å². The molecule has 1 aromatic carbocycles. The van der Waals surface area contributed by atoms with E-state index in [1.807, 2.05) is 13.8 Å². The van der Waals surface area contributed by atoms with E-state index in [1.165, 1.54) is 6.07 Å². The van der Waals surface area contributed by atoms with Crippen molar-refractivity contribution < 1.29 is 9.31 Å². The fourth-order valence-corrected chi connectivity index (χ4v) is 1.73. The number of benzene rings is 1. The molecule has 94 valence electrons. The highest BCUT2D eigenvalue weighted by molar-refractivity contribution is 5.63. The van der Waals surface area contributed by atoms with E-state index in [0.717, 1.165) is 17.8 Å². The second kappa shape index (κ2) is 4.52. The standard InChI is InChI=1S/C11H11FN4O2/c1-3-15-7(2)11(13-14-15)8-4-5-10(16(17)18)9(12)6-8/h4-6H,3H2,1-2H3. The monoisotopic (exact) mass is 250 g/mol. The number of aromatic nitrogens is 3. The lowest BCUT2D eigenvalue weighted by Crippen LogP contribution is -1.98. The molecule has 18 heavy (non-hydrogen) atoms. The van der Waals surface area contributed by atoms with Crippen LogP contribution in [0.5, 0.6) is 0 Å². The third kappa shape index (κ3) is 1.94. The summed E-state index contributed by atoms with van der Waals surface area (Å²) in [7, 11) is 0. The van der Waals surface area contributed by atoms with Gasteiger partial charge in [0.15, 0.2) is 0 Å². The molecule has 6 nitrogen and oxygen atoms in total. The first-order chi connectivity index (χ1) is 8.54. The average molecular weight is 250 g/mol. The zero-order chi connectivity index (χ0) is 13.3. The van der Waals surface area contributed by atoms with Gasteiger partial charge in [0.25, 0.3) is 0 Å². The molecule has 1 heterocycles. The number of nitrogens with zero attached hydrogens (tertiary/aromatic N) is 4. The Morgan fingerprint density at radius 3 is 2.72 bits per heavy atom. The highest BCUT2D eigenvalue weighted by Gasteiger charge is 2.17. The summed E-state index contributed by atoms with van der Waals surface area (Å²) in [5.41, 5.74) is 1.27. The van der Waals surface area contributed by atoms with Crippen LogP contribution < -0.4 is 0 Å². The van der Waals surface area contributed by atoms with Gasteiger partial charge in [-0.2, -0.15) is 4.39 Å². The van der Waals surface area contributed by atoms with Crippen LogP contribution in [0.1, 0.15) is 12.6 Å². The van der Waals surface area contributed by atoms with Crippen molar-refractivity contribution in [2.24, 2.45) is 0 Å². The lowest BCUT2D eigenvalue weighted by atomic mass is 10.1. The summed E-state index contributed by atoms with van der Waals surface area (Å²) in [6, 6.07) is 3.71. The number of aryl methyl sites for hydroxylation is 1. The van der Waals surface area contributed by atoms with E-state index < -0.39 is 16.4 Å². The molecule has 2 aromatic rings. The van der Waals surface area contributed by atoms with E-state index in [9.17, 15) is 14.5 Å². The van der Waals surface area contributed by atoms with Crippen LogP contribution in [0.25, 0.3) is 11.3 Å². The highest BCUT2D eigenvalue weighted by Crippen LogP contribution is 2.25. The van der Waals surface area contributed by atoms with Crippen LogP contribution in [0.15, 0.2) is 18.2 Å². The van der Waals surface area contributed by atoms with Crippen LogP contribution in [0.3, 0.4) is 0 Å². The molecule has 0 atom stereocenters. The van der Waals surface area contributed by atoms with Gasteiger partial charge in [-0.3, -0.25) is 10.1 Å². The maximum Gasteiger partial charge on any atom is 0.304 e. The van der Waals surface area contributed by atoms with Gasteiger partial charge in [-0.05, 0) is 26.0 Å². The van der Waals surface area contributed by atoms with Gasteiger partial charge in [-0.15, -0.1) is 5.10 Å². The van der Waals surface area contributed by atoms with Gasteiger partial charge in [0.1, 0.15) is 5.69 Å². The lowest BCUT2D eigenvalue weighted by Gasteiger charge is -2.01. The number of halogens is 1. The second-order valence-electron chi connectivity index (χ2n) is 3.76. The molecular formula is C11H11FN4O2. The number of rotatable bonds is 3. The van der Waals surface area contributed by atoms with Crippen molar-refractivity contribution in [3.8, 4) is 11.3 Å². The molecule has 0 spiro atoms. The Morgan fingerprint density at radius 1 is 1.50 bits per heavy atom. The third-order valence-electron chi connectivity index (χ3n) is 2.70. The highest BCUT2D eigenvalue weighted by atomic mass is 19.1. The van der Waals surface area contributed by atoms with Crippen molar-refractivity contribution in [3.05, 3.63) is 39.8 Å². The smallest absolute Gasteiger partial charge is 0.258 e. The quantitative estimate of drug-likeness (QED) is 0.619. The average Bonchev–Trinajstić information content (AvgIpc) is 2.69. The number of hydrogen-bond acceptors (Lipinski definition) is 4. The van der Waals surface area contributed by atoms with Crippen molar-refractivity contribution >= 4 is 5.69 Å². The lowest BCUT2D eigenvalue weighted by molar-refractivity contribution is -0.387. The summed E-state index contributed by atoms with van der Waals surface area (Å²) >= 11 is 0. The summed E-state index contributed by atoms with van der Waals surface area (Å²) in [6.07, 6.45) is 0. The van der Waals surface area contributed by atoms with Crippen LogP contribution in [-0.2, 0) is 6.54 Å². The van der Waals surface area contributed by atoms with E-state index in [1.54, 1.807) is 4.68 Å². The van der Waals surface area contributed by atoms with Crippen LogP contribution >= 0.6 is 0 Å². The molecule has 0 aliphatic heterocycles. The van der Waals surface area contributed by atoms with Crippen molar-refractivity contribution in [1.29, 1.82) is 0 Å². The third-order valence-corrected chi connectivity index (χ3v) is 2.70. The second-order valence-corrected chi connectivity index (χ2v) is 3.76. The van der Waals surface area contributed by atoms with Crippen LogP contribution in [0.2, 0.25) is 0 Å². The maximum absolute atomic E-state index is 13.5. The summed E-state index contributed by atoms with van der Waals surface area (Å²) in [4.78, 5) is 9.77. The van der Waals surface area contributed by atoms with Gasteiger partial charge in [-0.25, -0.2) is 4.68 Å². The molecule has 0 unspecified atom stereocenters. The van der Waals surface area contributed by atoms with E-state index in [4.69, 9.17) is 0 Å². The molecule has 0 aliphatic rings. The Hall–Kier alpha value is -2.31. The van der Waals surface area contributed by atoms with Crippen molar-refractivity contribution in [2.45, 2.75) is 20.4 Å². The minimum atomic E-state index is -0.872. The molecule has 7 heteroatoms. The van der Waals surface area contributed by atoms with E-state index in [0.29, 0.717) is 17.8 Å². The van der Waals surface area contributed by atoms with Crippen LogP contribution in [-0.4, -0.2) is 19.9 Å². The zero-order valence-electron chi connectivity index (χ0n) is 9.92. The minimum absolute atomic E-state index is 0.482. The normalized spacial score (nSPS) is 10.6. The molecule has 0 amide bonds. The summed E-state index contributed by atoms with van der Waals surface area (Å²) < 4.78 is 15.2. The van der Waals surface area contributed by atoms with Crippen molar-refractivity contribution in [2.75, 3.05) is 0 Å². The molecule has 0 N–H and O–H groups in total. The molecular weight excluding hydrogens is 239 g/mol. The SMILES string of the molecule is CCn1nnc(-c2ccc([N+](=O)[O-])c(F)c2)c1C. The Bertz CT molecular complexity index is 609. The first-order valence-corrected chi connectivity index (χ1v) is 5.39. The first kappa shape index (κ1) is 12.2. The fraction of sp³-hybridized carbons (Fsp3) is 0.273. The van der Waals surface area contributed by atoms with Crippen molar-refractivity contribution in [3.63, 3.8) is 0 Å². The Balaban J connectivity index is 2.49. The molecule has 0 bridgehead atoms. The van der Waals surface area contributed by atoms with Gasteiger partial charge < -0.3 is 0 Å². The molecule has 0 radical (unpaired) electrons. The molecule has 1 aromatic heterocycles. The molecule has 0 saturated heterocycles. The maximum atomic E-state index is 13.5. The Morgan fingerprint density at radius 2 is 2.22 bits per heavy atom. The number of nitro benzene ring substituents is 1. The first-order valence-electron chi connectivity index (χ1n) is 5.39. The largest absolute Gasteiger partial charge is 0.304 e. The van der Waals surface area contributed by atoms with E-state index >= 15 is 0 Å². The van der Waals surface area contributed by atoms with Gasteiger partial charge >= 0.3 is 5.69 Å². The van der Waals surface area contributed by atoms with Gasteiger partial charge in [-0.1, -0.05) is 5.21 Å². The Kier molecular flexibility index (Phi) is 3.05. The molecule has 2 rings (SSSR count). The molecule has 0 fully saturated rings. The summed E-state index contributed by atoms with van der Waals surface area (Å²) in [6.45, 7) is 4.40. The summed E-state index contributed by atoms with van der Waals surface area (Å²) in [5.74, 6) is -0.872. The van der Waals surface area contributed by atoms with Crippen LogP contribution in [0, 0.1) is 22.9 Å². The topological polar surface area (TPSA) is 73.8 Å². The van der Waals surface area contributed by atoms with Gasteiger partial charge in [0, 0.05) is 18.2 Å². The number of nitro groups is 1. The number of hydrogen-bond donors (Lipinski definition) is 0. The summed E-state index contributed by atoms with van der Waals surface area (Å²) in [5, 5.41) is 18.4.